The van der Waals surface area contributed by atoms with Crippen LogP contribution >= 0.6 is 0 Å². The van der Waals surface area contributed by atoms with Crippen molar-refractivity contribution in [3.8, 4) is 0 Å². The van der Waals surface area contributed by atoms with Crippen LogP contribution in [-0.2, 0) is 66.5 Å². The van der Waals surface area contributed by atoms with E-state index in [0.29, 0.717) is 6.42 Å². The van der Waals surface area contributed by atoms with Crippen LogP contribution in [0.2, 0.25) is 0 Å². The number of ether oxygens (including phenoxy) is 10. The van der Waals surface area contributed by atoms with E-state index in [-0.39, 0.29) is 13.0 Å². The first-order valence-electron chi connectivity index (χ1n) is 18.2. The zero-order chi connectivity index (χ0) is 40.5. The molecule has 0 aromatic rings. The number of hydrogen-bond acceptors (Lipinski definition) is 19. The highest BCUT2D eigenvalue weighted by atomic mass is 16.8. The van der Waals surface area contributed by atoms with Gasteiger partial charge in [0.05, 0.1) is 59.0 Å². The van der Waals surface area contributed by atoms with E-state index in [1.807, 2.05) is 0 Å². The summed E-state index contributed by atoms with van der Waals surface area (Å²) in [6, 6.07) is -2.25. The minimum Gasteiger partial charge on any atom is -0.465 e. The van der Waals surface area contributed by atoms with Gasteiger partial charge >= 0.3 is 36.1 Å². The molecule has 21 heteroatoms. The van der Waals surface area contributed by atoms with E-state index in [4.69, 9.17) is 47.4 Å². The van der Waals surface area contributed by atoms with Crippen LogP contribution in [0.5, 0.6) is 0 Å². The fourth-order valence-electron chi connectivity index (χ4n) is 7.16. The zero-order valence-electron chi connectivity index (χ0n) is 31.4. The van der Waals surface area contributed by atoms with Gasteiger partial charge in [-0.15, -0.1) is 0 Å². The number of rotatable bonds is 20. The third kappa shape index (κ3) is 10.3. The molecule has 0 bridgehead atoms. The van der Waals surface area contributed by atoms with Crippen LogP contribution in [0.15, 0.2) is 0 Å². The number of nitrogens with one attached hydrogen (secondary N) is 2. The molecular weight excluding hydrogens is 740 g/mol. The average Bonchev–Trinajstić information content (AvgIpc) is 3.72. The van der Waals surface area contributed by atoms with E-state index in [1.165, 1.54) is 0 Å². The van der Waals surface area contributed by atoms with Crippen molar-refractivity contribution in [1.29, 1.82) is 0 Å². The van der Waals surface area contributed by atoms with Crippen molar-refractivity contribution in [2.45, 2.75) is 145 Å². The van der Waals surface area contributed by atoms with Gasteiger partial charge in [0.25, 0.3) is 11.6 Å². The highest BCUT2D eigenvalue weighted by molar-refractivity contribution is 5.79. The number of carbonyl (C=O) groups is 6. The van der Waals surface area contributed by atoms with Gasteiger partial charge < -0.3 is 73.3 Å². The van der Waals surface area contributed by atoms with Crippen LogP contribution in [0.1, 0.15) is 72.1 Å². The first-order chi connectivity index (χ1) is 26.1. The maximum absolute atomic E-state index is 13.5. The van der Waals surface area contributed by atoms with Gasteiger partial charge in [-0.05, 0) is 6.42 Å². The van der Waals surface area contributed by atoms with Crippen LogP contribution in [0.4, 0.5) is 9.59 Å². The predicted molar refractivity (Wildman–Crippen MR) is 178 cm³/mol. The Hall–Kier alpha value is -3.86. The zero-order valence-corrected chi connectivity index (χ0v) is 31.4. The molecule has 0 radical (unpaired) electrons. The molecule has 4 saturated heterocycles. The molecule has 5 N–H and O–H groups in total. The molecule has 2 amide bonds. The summed E-state index contributed by atoms with van der Waals surface area (Å²) in [5.41, 5.74) is 0. The number of unbranched alkanes of at least 4 members (excludes halogenated alkanes) is 5. The standard InChI is InChI=1S/C34H52N2O19/c1-6-7-8-9-10-11-12-48-33(29(42)46-4)13-21-24(36-32(45)52-21)28(54-33)26(51-18(3)39)20(41)16-49-34(30(43)47-5)14-22-23(35-31(44)53-22)27(55-34)25(19(40)15-37)50-17(2)38/h19-28,37,40-41H,6-16H2,1-5H3,(H,35,44)(H,36,45)/t19-,20-,21+,22+,23-,24-,25-,26-,27-,28-,33-,34-/m1/s1. The number of aliphatic hydroxyl groups excluding tert-OH is 3. The van der Waals surface area contributed by atoms with Gasteiger partial charge in [0.15, 0.2) is 12.2 Å². The molecule has 12 atom stereocenters. The predicted octanol–water partition coefficient (Wildman–Crippen LogP) is -0.772. The van der Waals surface area contributed by atoms with E-state index < -0.39 is 128 Å². The first kappa shape index (κ1) is 43.9. The van der Waals surface area contributed by atoms with Crippen LogP contribution < -0.4 is 10.6 Å². The minimum absolute atomic E-state index is 0.0394. The highest BCUT2D eigenvalue weighted by Crippen LogP contribution is 2.41. The molecule has 0 aromatic heterocycles. The lowest BCUT2D eigenvalue weighted by Gasteiger charge is -2.47. The monoisotopic (exact) mass is 792 g/mol. The van der Waals surface area contributed by atoms with Gasteiger partial charge in [0, 0.05) is 13.8 Å². The molecule has 4 fully saturated rings. The Bertz CT molecular complexity index is 1380. The molecule has 312 valence electrons. The third-order valence-corrected chi connectivity index (χ3v) is 9.70. The van der Waals surface area contributed by atoms with Crippen LogP contribution in [-0.4, -0.2) is 158 Å². The lowest BCUT2D eigenvalue weighted by atomic mass is 9.88. The van der Waals surface area contributed by atoms with E-state index in [1.54, 1.807) is 0 Å². The van der Waals surface area contributed by atoms with Gasteiger partial charge in [-0.3, -0.25) is 9.59 Å². The summed E-state index contributed by atoms with van der Waals surface area (Å²) in [6.45, 7) is 2.32. The fraction of sp³-hybridized carbons (Fsp3) is 0.824. The Labute approximate surface area is 316 Å². The average molecular weight is 793 g/mol. The molecule has 0 spiro atoms. The second kappa shape index (κ2) is 19.3. The van der Waals surface area contributed by atoms with Crippen LogP contribution in [0.3, 0.4) is 0 Å². The third-order valence-electron chi connectivity index (χ3n) is 9.70. The van der Waals surface area contributed by atoms with Gasteiger partial charge in [-0.1, -0.05) is 39.0 Å². The summed E-state index contributed by atoms with van der Waals surface area (Å²) in [5.74, 6) is -8.75. The van der Waals surface area contributed by atoms with Crippen molar-refractivity contribution in [2.24, 2.45) is 0 Å². The second-order valence-electron chi connectivity index (χ2n) is 13.7. The molecule has 0 saturated carbocycles. The minimum atomic E-state index is -2.54. The molecule has 55 heavy (non-hydrogen) atoms. The van der Waals surface area contributed by atoms with Gasteiger partial charge in [-0.25, -0.2) is 19.2 Å². The Morgan fingerprint density at radius 1 is 0.745 bits per heavy atom. The van der Waals surface area contributed by atoms with Crippen LogP contribution in [0.25, 0.3) is 0 Å². The molecule has 0 unspecified atom stereocenters. The Kier molecular flexibility index (Phi) is 15.4. The van der Waals surface area contributed by atoms with Crippen molar-refractivity contribution in [2.75, 3.05) is 34.0 Å². The lowest BCUT2D eigenvalue weighted by molar-refractivity contribution is -0.322. The number of esters is 4. The SMILES string of the molecule is CCCCCCCCO[C@]1(C(=O)OC)C[C@@H]2OC(=O)N[C@H]2[C@H]([C@H](OC(C)=O)[C@H](O)CO[C@]2(C(=O)OC)C[C@@H]3OC(=O)N[C@H]3[C@H]([C@H](OC(C)=O)[C@H](O)CO)O2)O1. The van der Waals surface area contributed by atoms with Crippen molar-refractivity contribution >= 4 is 36.1 Å². The molecule has 4 rings (SSSR count). The van der Waals surface area contributed by atoms with Gasteiger partial charge in [0.2, 0.25) is 0 Å². The number of amides is 2. The molecule has 4 heterocycles. The molecule has 0 aromatic carbocycles. The highest BCUT2D eigenvalue weighted by Gasteiger charge is 2.63. The molecule has 4 aliphatic rings. The van der Waals surface area contributed by atoms with E-state index in [0.717, 1.165) is 60.2 Å². The van der Waals surface area contributed by atoms with Gasteiger partial charge in [0.1, 0.15) is 36.6 Å². The summed E-state index contributed by atoms with van der Waals surface area (Å²) in [7, 11) is 2.09. The number of hydrogen-bond donors (Lipinski definition) is 5. The number of carbonyl (C=O) groups excluding carboxylic acids is 6. The molecule has 21 nitrogen and oxygen atoms in total. The fourth-order valence-corrected chi connectivity index (χ4v) is 7.16. The van der Waals surface area contributed by atoms with Crippen molar-refractivity contribution in [3.05, 3.63) is 0 Å². The van der Waals surface area contributed by atoms with E-state index in [9.17, 15) is 44.1 Å². The second-order valence-corrected chi connectivity index (χ2v) is 13.7. The van der Waals surface area contributed by atoms with E-state index in [2.05, 4.69) is 17.6 Å². The summed E-state index contributed by atoms with van der Waals surface area (Å²) < 4.78 is 55.7. The Morgan fingerprint density at radius 2 is 1.20 bits per heavy atom. The summed E-state index contributed by atoms with van der Waals surface area (Å²) >= 11 is 0. The number of fused-ring (bicyclic) bond motifs is 2. The summed E-state index contributed by atoms with van der Waals surface area (Å²) in [4.78, 5) is 76.2. The molecule has 4 aliphatic heterocycles. The van der Waals surface area contributed by atoms with Crippen LogP contribution in [0, 0.1) is 0 Å². The largest absolute Gasteiger partial charge is 0.465 e. The Balaban J connectivity index is 1.64. The maximum Gasteiger partial charge on any atom is 0.407 e. The maximum atomic E-state index is 13.5. The van der Waals surface area contributed by atoms with Crippen molar-refractivity contribution < 1.29 is 91.5 Å². The number of alkyl carbamates (subject to hydrolysis) is 2. The van der Waals surface area contributed by atoms with Gasteiger partial charge in [-0.2, -0.15) is 0 Å². The van der Waals surface area contributed by atoms with Crippen molar-refractivity contribution in [1.82, 2.24) is 10.6 Å². The summed E-state index contributed by atoms with van der Waals surface area (Å²) in [6.07, 6.45) is -9.92. The lowest BCUT2D eigenvalue weighted by Crippen LogP contribution is -2.67. The quantitative estimate of drug-likeness (QED) is 0.0575. The topological polar surface area (TPSA) is 279 Å². The first-order valence-corrected chi connectivity index (χ1v) is 18.2. The molecular formula is C34H52N2O19. The number of aliphatic hydroxyl groups is 3. The smallest absolute Gasteiger partial charge is 0.407 e. The summed E-state index contributed by atoms with van der Waals surface area (Å²) in [5, 5.41) is 37.0. The normalized spacial score (nSPS) is 31.9. The van der Waals surface area contributed by atoms with Crippen molar-refractivity contribution in [3.63, 3.8) is 0 Å². The Morgan fingerprint density at radius 3 is 1.65 bits per heavy atom. The molecule has 0 aliphatic carbocycles. The number of methoxy groups -OCH3 is 2. The van der Waals surface area contributed by atoms with E-state index >= 15 is 0 Å².